The zero-order valence-corrected chi connectivity index (χ0v) is 9.55. The van der Waals surface area contributed by atoms with Gasteiger partial charge in [0.15, 0.2) is 0 Å². The average molecular weight is 250 g/mol. The van der Waals surface area contributed by atoms with E-state index in [9.17, 15) is 4.79 Å². The standard InChI is InChI=1S/C9H16BrNO2/c1-11(9(12)5-10)6-8-3-2-4-13-7-8/h8H,2-7H2,1H3. The van der Waals surface area contributed by atoms with Gasteiger partial charge < -0.3 is 9.64 Å². The Hall–Kier alpha value is -0.0900. The van der Waals surface area contributed by atoms with Crippen molar-refractivity contribution in [2.24, 2.45) is 5.92 Å². The van der Waals surface area contributed by atoms with Crippen LogP contribution >= 0.6 is 15.9 Å². The summed E-state index contributed by atoms with van der Waals surface area (Å²) in [6, 6.07) is 0. The molecule has 1 amide bonds. The highest BCUT2D eigenvalue weighted by molar-refractivity contribution is 9.09. The van der Waals surface area contributed by atoms with Gasteiger partial charge in [-0.2, -0.15) is 0 Å². The highest BCUT2D eigenvalue weighted by atomic mass is 79.9. The molecule has 13 heavy (non-hydrogen) atoms. The Morgan fingerprint density at radius 2 is 2.46 bits per heavy atom. The van der Waals surface area contributed by atoms with E-state index >= 15 is 0 Å². The van der Waals surface area contributed by atoms with E-state index in [2.05, 4.69) is 15.9 Å². The minimum Gasteiger partial charge on any atom is -0.381 e. The first kappa shape index (κ1) is 11.0. The van der Waals surface area contributed by atoms with Crippen LogP contribution in [0.4, 0.5) is 0 Å². The largest absolute Gasteiger partial charge is 0.381 e. The number of rotatable bonds is 3. The molecular formula is C9H16BrNO2. The number of hydrogen-bond donors (Lipinski definition) is 0. The van der Waals surface area contributed by atoms with E-state index in [1.165, 1.54) is 6.42 Å². The summed E-state index contributed by atoms with van der Waals surface area (Å²) in [5.74, 6) is 0.673. The third-order valence-corrected chi connectivity index (χ3v) is 2.81. The van der Waals surface area contributed by atoms with Crippen molar-refractivity contribution in [2.75, 3.05) is 32.1 Å². The van der Waals surface area contributed by atoms with Crippen LogP contribution in [0.1, 0.15) is 12.8 Å². The van der Waals surface area contributed by atoms with Crippen LogP contribution in [0.2, 0.25) is 0 Å². The zero-order valence-electron chi connectivity index (χ0n) is 7.96. The van der Waals surface area contributed by atoms with Crippen LogP contribution in [0.3, 0.4) is 0 Å². The second-order valence-corrected chi connectivity index (χ2v) is 4.05. The molecule has 0 aromatic carbocycles. The Morgan fingerprint density at radius 3 is 3.00 bits per heavy atom. The third kappa shape index (κ3) is 3.65. The van der Waals surface area contributed by atoms with Gasteiger partial charge in [0.25, 0.3) is 0 Å². The molecule has 0 aliphatic carbocycles. The first-order valence-corrected chi connectivity index (χ1v) is 5.74. The molecule has 0 aromatic heterocycles. The van der Waals surface area contributed by atoms with Gasteiger partial charge in [-0.1, -0.05) is 15.9 Å². The molecule has 1 fully saturated rings. The van der Waals surface area contributed by atoms with Gasteiger partial charge in [0.05, 0.1) is 11.9 Å². The fourth-order valence-electron chi connectivity index (χ4n) is 1.54. The van der Waals surface area contributed by atoms with E-state index in [1.807, 2.05) is 7.05 Å². The molecule has 0 aromatic rings. The maximum Gasteiger partial charge on any atom is 0.232 e. The fraction of sp³-hybridized carbons (Fsp3) is 0.889. The molecule has 1 aliphatic heterocycles. The predicted molar refractivity (Wildman–Crippen MR) is 55.0 cm³/mol. The number of hydrogen-bond acceptors (Lipinski definition) is 2. The van der Waals surface area contributed by atoms with Gasteiger partial charge in [0, 0.05) is 20.2 Å². The molecule has 1 rings (SSSR count). The highest BCUT2D eigenvalue weighted by Crippen LogP contribution is 2.14. The summed E-state index contributed by atoms with van der Waals surface area (Å²) >= 11 is 3.16. The number of carbonyl (C=O) groups excluding carboxylic acids is 1. The summed E-state index contributed by atoms with van der Waals surface area (Å²) in [6.07, 6.45) is 2.31. The molecule has 1 heterocycles. The van der Waals surface area contributed by atoms with Crippen LogP contribution in [-0.2, 0) is 9.53 Å². The Labute approximate surface area is 87.6 Å². The number of amides is 1. The first-order valence-electron chi connectivity index (χ1n) is 4.61. The molecule has 0 spiro atoms. The molecule has 1 aliphatic rings. The van der Waals surface area contributed by atoms with Crippen LogP contribution in [0, 0.1) is 5.92 Å². The molecule has 0 saturated carbocycles. The van der Waals surface area contributed by atoms with Gasteiger partial charge in [-0.05, 0) is 18.8 Å². The Balaban J connectivity index is 2.25. The van der Waals surface area contributed by atoms with E-state index in [0.29, 0.717) is 11.2 Å². The summed E-state index contributed by atoms with van der Waals surface area (Å²) in [6.45, 7) is 2.51. The van der Waals surface area contributed by atoms with Gasteiger partial charge in [0.1, 0.15) is 0 Å². The van der Waals surface area contributed by atoms with Crippen molar-refractivity contribution >= 4 is 21.8 Å². The van der Waals surface area contributed by atoms with Gasteiger partial charge in [-0.15, -0.1) is 0 Å². The maximum absolute atomic E-state index is 11.2. The summed E-state index contributed by atoms with van der Waals surface area (Å²) in [4.78, 5) is 13.0. The smallest absolute Gasteiger partial charge is 0.232 e. The van der Waals surface area contributed by atoms with Crippen LogP contribution < -0.4 is 0 Å². The van der Waals surface area contributed by atoms with Gasteiger partial charge in [-0.3, -0.25) is 4.79 Å². The number of ether oxygens (including phenoxy) is 1. The van der Waals surface area contributed by atoms with E-state index in [-0.39, 0.29) is 5.91 Å². The second-order valence-electron chi connectivity index (χ2n) is 3.49. The van der Waals surface area contributed by atoms with Crippen molar-refractivity contribution in [2.45, 2.75) is 12.8 Å². The minimum absolute atomic E-state index is 0.144. The molecule has 4 heteroatoms. The van der Waals surface area contributed by atoms with Crippen molar-refractivity contribution < 1.29 is 9.53 Å². The van der Waals surface area contributed by atoms with E-state index in [1.54, 1.807) is 4.90 Å². The van der Waals surface area contributed by atoms with Crippen molar-refractivity contribution in [1.82, 2.24) is 4.90 Å². The van der Waals surface area contributed by atoms with E-state index in [4.69, 9.17) is 4.74 Å². The molecule has 1 atom stereocenters. The molecular weight excluding hydrogens is 234 g/mol. The molecule has 1 saturated heterocycles. The number of halogens is 1. The lowest BCUT2D eigenvalue weighted by atomic mass is 10.0. The SMILES string of the molecule is CN(CC1CCCOC1)C(=O)CBr. The van der Waals surface area contributed by atoms with Crippen LogP contribution in [0.5, 0.6) is 0 Å². The molecule has 0 radical (unpaired) electrons. The van der Waals surface area contributed by atoms with Crippen molar-refractivity contribution in [3.8, 4) is 0 Å². The van der Waals surface area contributed by atoms with Gasteiger partial charge in [0.2, 0.25) is 5.91 Å². The van der Waals surface area contributed by atoms with Crippen molar-refractivity contribution in [3.05, 3.63) is 0 Å². The summed E-state index contributed by atoms with van der Waals surface area (Å²) in [5.41, 5.74) is 0. The van der Waals surface area contributed by atoms with Crippen LogP contribution in [0.15, 0.2) is 0 Å². The van der Waals surface area contributed by atoms with E-state index < -0.39 is 0 Å². The monoisotopic (exact) mass is 249 g/mol. The summed E-state index contributed by atoms with van der Waals surface area (Å²) in [7, 11) is 1.85. The Bertz CT molecular complexity index is 169. The third-order valence-electron chi connectivity index (χ3n) is 2.33. The van der Waals surface area contributed by atoms with Crippen molar-refractivity contribution in [3.63, 3.8) is 0 Å². The molecule has 3 nitrogen and oxygen atoms in total. The Kier molecular flexibility index (Phi) is 4.73. The van der Waals surface area contributed by atoms with E-state index in [0.717, 1.165) is 26.2 Å². The van der Waals surface area contributed by atoms with Crippen LogP contribution in [0.25, 0.3) is 0 Å². The van der Waals surface area contributed by atoms with Crippen molar-refractivity contribution in [1.29, 1.82) is 0 Å². The molecule has 0 bridgehead atoms. The quantitative estimate of drug-likeness (QED) is 0.706. The first-order chi connectivity index (χ1) is 6.24. The fourth-order valence-corrected chi connectivity index (χ4v) is 1.97. The number of carbonyl (C=O) groups is 1. The topological polar surface area (TPSA) is 29.5 Å². The highest BCUT2D eigenvalue weighted by Gasteiger charge is 2.17. The summed E-state index contributed by atoms with van der Waals surface area (Å²) in [5, 5.41) is 0.414. The number of alkyl halides is 1. The lowest BCUT2D eigenvalue weighted by Crippen LogP contribution is -2.35. The normalized spacial score (nSPS) is 22.8. The maximum atomic E-state index is 11.2. The minimum atomic E-state index is 0.144. The zero-order chi connectivity index (χ0) is 9.68. The Morgan fingerprint density at radius 1 is 1.69 bits per heavy atom. The molecule has 0 N–H and O–H groups in total. The molecule has 1 unspecified atom stereocenters. The lowest BCUT2D eigenvalue weighted by molar-refractivity contribution is -0.128. The molecule has 76 valence electrons. The predicted octanol–water partition coefficient (Wildman–Crippen LogP) is 1.27. The van der Waals surface area contributed by atoms with Crippen LogP contribution in [-0.4, -0.2) is 42.9 Å². The number of nitrogens with zero attached hydrogens (tertiary/aromatic N) is 1. The lowest BCUT2D eigenvalue weighted by Gasteiger charge is -2.26. The second kappa shape index (κ2) is 5.60. The average Bonchev–Trinajstić information content (AvgIpc) is 2.18. The summed E-state index contributed by atoms with van der Waals surface area (Å²) < 4.78 is 5.35. The van der Waals surface area contributed by atoms with Gasteiger partial charge in [-0.25, -0.2) is 0 Å². The van der Waals surface area contributed by atoms with Gasteiger partial charge >= 0.3 is 0 Å².